The summed E-state index contributed by atoms with van der Waals surface area (Å²) in [6.45, 7) is 2.09. The number of thiocarbonyl (C=S) groups is 1. The molecule has 5 nitrogen and oxygen atoms in total. The van der Waals surface area contributed by atoms with Gasteiger partial charge in [-0.05, 0) is 54.4 Å². The summed E-state index contributed by atoms with van der Waals surface area (Å²) in [7, 11) is 0. The van der Waals surface area contributed by atoms with E-state index in [1.54, 1.807) is 30.3 Å². The lowest BCUT2D eigenvalue weighted by molar-refractivity contribution is -0.115. The van der Waals surface area contributed by atoms with Gasteiger partial charge < -0.3 is 9.47 Å². The Kier molecular flexibility index (Phi) is 5.09. The van der Waals surface area contributed by atoms with Gasteiger partial charge in [-0.25, -0.2) is 4.39 Å². The summed E-state index contributed by atoms with van der Waals surface area (Å²) in [5.41, 5.74) is 1.82. The largest absolute Gasteiger partial charge is 0.348 e. The third-order valence-corrected chi connectivity index (χ3v) is 5.65. The molecule has 2 aliphatic rings. The quantitative estimate of drug-likeness (QED) is 0.625. The minimum atomic E-state index is -0.318. The summed E-state index contributed by atoms with van der Waals surface area (Å²) >= 11 is 5.44. The van der Waals surface area contributed by atoms with E-state index in [4.69, 9.17) is 12.2 Å². The van der Waals surface area contributed by atoms with Crippen LogP contribution in [0, 0.1) is 11.7 Å². The van der Waals surface area contributed by atoms with Gasteiger partial charge in [0, 0.05) is 43.4 Å². The van der Waals surface area contributed by atoms with Crippen molar-refractivity contribution in [3.8, 4) is 0 Å². The molecule has 4 rings (SSSR count). The van der Waals surface area contributed by atoms with Gasteiger partial charge in [0.1, 0.15) is 5.82 Å². The molecule has 1 saturated heterocycles. The first-order valence-corrected chi connectivity index (χ1v) is 9.64. The summed E-state index contributed by atoms with van der Waals surface area (Å²) in [5.74, 6) is -0.0779. The van der Waals surface area contributed by atoms with Crippen molar-refractivity contribution in [2.24, 2.45) is 5.92 Å². The van der Waals surface area contributed by atoms with Crippen molar-refractivity contribution in [3.63, 3.8) is 0 Å². The van der Waals surface area contributed by atoms with E-state index >= 15 is 0 Å². The lowest BCUT2D eigenvalue weighted by Gasteiger charge is -2.43. The molecule has 0 aliphatic carbocycles. The zero-order chi connectivity index (χ0) is 19.7. The number of hydrogen-bond acceptors (Lipinski definition) is 3. The van der Waals surface area contributed by atoms with Crippen molar-refractivity contribution in [3.05, 3.63) is 76.0 Å². The zero-order valence-corrected chi connectivity index (χ0v) is 16.0. The predicted molar refractivity (Wildman–Crippen MR) is 109 cm³/mol. The number of carbonyl (C=O) groups is 1. The van der Waals surface area contributed by atoms with E-state index in [1.165, 1.54) is 18.2 Å². The number of rotatable bonds is 2. The lowest BCUT2D eigenvalue weighted by atomic mass is 9.83. The first-order valence-electron chi connectivity index (χ1n) is 9.23. The molecular formula is C21H20FN3O2S. The van der Waals surface area contributed by atoms with Crippen LogP contribution < -0.4 is 10.9 Å². The predicted octanol–water partition coefficient (Wildman–Crippen LogP) is 2.52. The van der Waals surface area contributed by atoms with Crippen molar-refractivity contribution in [2.45, 2.75) is 18.9 Å². The van der Waals surface area contributed by atoms with Gasteiger partial charge in [-0.3, -0.25) is 14.9 Å². The van der Waals surface area contributed by atoms with Crippen molar-refractivity contribution in [1.29, 1.82) is 0 Å². The Labute approximate surface area is 167 Å². The molecule has 2 aromatic rings. The SMILES string of the molecule is O=C(/C=C/c1ccc(F)cc1)NC(=S)N1C[C@@H]2C[C@@H](C1)c1cccc(=O)n1C2. The number of pyridine rings is 1. The van der Waals surface area contributed by atoms with Gasteiger partial charge >= 0.3 is 0 Å². The van der Waals surface area contributed by atoms with Crippen molar-refractivity contribution >= 4 is 29.3 Å². The Bertz CT molecular complexity index is 999. The third-order valence-electron chi connectivity index (χ3n) is 5.29. The fourth-order valence-corrected chi connectivity index (χ4v) is 4.28. The van der Waals surface area contributed by atoms with Gasteiger partial charge in [-0.2, -0.15) is 0 Å². The molecule has 0 saturated carbocycles. The number of amides is 1. The molecule has 1 N–H and O–H groups in total. The van der Waals surface area contributed by atoms with E-state index in [0.717, 1.165) is 24.2 Å². The highest BCUT2D eigenvalue weighted by atomic mass is 32.1. The Balaban J connectivity index is 1.40. The van der Waals surface area contributed by atoms with Gasteiger partial charge in [-0.15, -0.1) is 0 Å². The van der Waals surface area contributed by atoms with Crippen LogP contribution in [0.5, 0.6) is 0 Å². The first-order chi connectivity index (χ1) is 13.5. The minimum absolute atomic E-state index is 0.0439. The second-order valence-corrected chi connectivity index (χ2v) is 7.67. The summed E-state index contributed by atoms with van der Waals surface area (Å²) < 4.78 is 14.8. The van der Waals surface area contributed by atoms with Crippen LogP contribution >= 0.6 is 12.2 Å². The standard InChI is InChI=1S/C21H20FN3O2S/c22-17-7-4-14(5-8-17)6-9-19(26)23-21(28)24-11-15-10-16(13-24)18-2-1-3-20(27)25(18)12-15/h1-9,15-16H,10-13H2,(H,23,26,28)/b9-6+/t15-,16-/m0/s1. The van der Waals surface area contributed by atoms with Crippen LogP contribution in [-0.2, 0) is 11.3 Å². The van der Waals surface area contributed by atoms with Crippen LogP contribution in [0.25, 0.3) is 6.08 Å². The molecule has 2 atom stereocenters. The van der Waals surface area contributed by atoms with Gasteiger partial charge in [0.25, 0.3) is 5.56 Å². The van der Waals surface area contributed by atoms with E-state index in [9.17, 15) is 14.0 Å². The highest BCUT2D eigenvalue weighted by molar-refractivity contribution is 7.80. The number of likely N-dealkylation sites (tertiary alicyclic amines) is 1. The smallest absolute Gasteiger partial charge is 0.250 e. The molecule has 0 spiro atoms. The Morgan fingerprint density at radius 1 is 1.14 bits per heavy atom. The average molecular weight is 397 g/mol. The molecular weight excluding hydrogens is 377 g/mol. The number of hydrogen-bond donors (Lipinski definition) is 1. The molecule has 144 valence electrons. The summed E-state index contributed by atoms with van der Waals surface area (Å²) in [4.78, 5) is 26.3. The van der Waals surface area contributed by atoms with Crippen LogP contribution in [-0.4, -0.2) is 33.6 Å². The second-order valence-electron chi connectivity index (χ2n) is 7.28. The summed E-state index contributed by atoms with van der Waals surface area (Å²) in [5, 5.41) is 3.14. The van der Waals surface area contributed by atoms with Crippen LogP contribution in [0.2, 0.25) is 0 Å². The minimum Gasteiger partial charge on any atom is -0.348 e. The van der Waals surface area contributed by atoms with Crippen LogP contribution in [0.1, 0.15) is 23.6 Å². The molecule has 0 radical (unpaired) electrons. The fraction of sp³-hybridized carbons (Fsp3) is 0.286. The number of nitrogens with zero attached hydrogens (tertiary/aromatic N) is 2. The van der Waals surface area contributed by atoms with E-state index in [0.29, 0.717) is 24.1 Å². The highest BCUT2D eigenvalue weighted by Gasteiger charge is 2.35. The van der Waals surface area contributed by atoms with E-state index in [1.807, 2.05) is 15.5 Å². The van der Waals surface area contributed by atoms with Gasteiger partial charge in [-0.1, -0.05) is 18.2 Å². The average Bonchev–Trinajstić information content (AvgIpc) is 2.68. The monoisotopic (exact) mass is 397 g/mol. The normalized spacial score (nSPS) is 20.7. The first kappa shape index (κ1) is 18.6. The second kappa shape index (κ2) is 7.67. The number of benzene rings is 1. The van der Waals surface area contributed by atoms with Crippen LogP contribution in [0.3, 0.4) is 0 Å². The topological polar surface area (TPSA) is 54.3 Å². The number of halogens is 1. The molecule has 2 aliphatic heterocycles. The summed E-state index contributed by atoms with van der Waals surface area (Å²) in [6, 6.07) is 11.3. The number of piperidine rings is 1. The Morgan fingerprint density at radius 2 is 1.93 bits per heavy atom. The molecule has 1 fully saturated rings. The highest BCUT2D eigenvalue weighted by Crippen LogP contribution is 2.34. The summed E-state index contributed by atoms with van der Waals surface area (Å²) in [6.07, 6.45) is 4.03. The lowest BCUT2D eigenvalue weighted by Crippen LogP contribution is -2.52. The van der Waals surface area contributed by atoms with Gasteiger partial charge in [0.05, 0.1) is 0 Å². The van der Waals surface area contributed by atoms with Crippen molar-refractivity contribution in [1.82, 2.24) is 14.8 Å². The maximum atomic E-state index is 12.9. The fourth-order valence-electron chi connectivity index (χ4n) is 4.03. The molecule has 0 unspecified atom stereocenters. The van der Waals surface area contributed by atoms with Crippen LogP contribution in [0.15, 0.2) is 53.3 Å². The molecule has 3 heterocycles. The number of fused-ring (bicyclic) bond motifs is 4. The molecule has 7 heteroatoms. The molecule has 28 heavy (non-hydrogen) atoms. The molecule has 1 amide bonds. The van der Waals surface area contributed by atoms with Gasteiger partial charge in [0.15, 0.2) is 5.11 Å². The van der Waals surface area contributed by atoms with Crippen LogP contribution in [0.4, 0.5) is 4.39 Å². The Morgan fingerprint density at radius 3 is 2.71 bits per heavy atom. The number of nitrogens with one attached hydrogen (secondary N) is 1. The van der Waals surface area contributed by atoms with Crippen molar-refractivity contribution < 1.29 is 9.18 Å². The Hall–Kier alpha value is -2.80. The van der Waals surface area contributed by atoms with Gasteiger partial charge in [0.2, 0.25) is 5.91 Å². The van der Waals surface area contributed by atoms with E-state index < -0.39 is 0 Å². The maximum absolute atomic E-state index is 12.9. The maximum Gasteiger partial charge on any atom is 0.250 e. The van der Waals surface area contributed by atoms with E-state index in [-0.39, 0.29) is 23.2 Å². The number of carbonyl (C=O) groups excluding carboxylic acids is 1. The molecule has 1 aromatic carbocycles. The number of aromatic nitrogens is 1. The van der Waals surface area contributed by atoms with Crippen molar-refractivity contribution in [2.75, 3.05) is 13.1 Å². The third kappa shape index (κ3) is 3.89. The molecule has 2 bridgehead atoms. The van der Waals surface area contributed by atoms with E-state index in [2.05, 4.69) is 5.32 Å². The molecule has 1 aromatic heterocycles. The zero-order valence-electron chi connectivity index (χ0n) is 15.2.